The minimum atomic E-state index is -0.698. The average molecular weight is 527 g/mol. The van der Waals surface area contributed by atoms with E-state index in [1.807, 2.05) is 30.0 Å². The number of piperidine rings is 1. The van der Waals surface area contributed by atoms with Crippen LogP contribution in [0.15, 0.2) is 53.6 Å². The fraction of sp³-hybridized carbons (Fsp3) is 0.448. The normalized spacial score (nSPS) is 15.8. The van der Waals surface area contributed by atoms with Gasteiger partial charge in [-0.05, 0) is 92.9 Å². The summed E-state index contributed by atoms with van der Waals surface area (Å²) >= 11 is 8.46. The summed E-state index contributed by atoms with van der Waals surface area (Å²) in [7, 11) is 1.65. The van der Waals surface area contributed by atoms with E-state index >= 15 is 0 Å². The number of hydrogen-bond acceptors (Lipinski definition) is 5. The zero-order chi connectivity index (χ0) is 25.5. The van der Waals surface area contributed by atoms with Crippen molar-refractivity contribution in [1.29, 1.82) is 0 Å². The molecule has 0 amide bonds. The SMILES string of the molecule is COc1ccc2ncc(Cl)c(CCCC3(CC(=O)O)CCN(CCSc4ccccc4C)CC3)c2c1. The molecule has 1 aliphatic rings. The van der Waals surface area contributed by atoms with Crippen molar-refractivity contribution in [2.24, 2.45) is 5.41 Å². The number of likely N-dealkylation sites (tertiary alicyclic amines) is 1. The van der Waals surface area contributed by atoms with Gasteiger partial charge in [0.25, 0.3) is 0 Å². The van der Waals surface area contributed by atoms with Gasteiger partial charge >= 0.3 is 5.97 Å². The van der Waals surface area contributed by atoms with Gasteiger partial charge in [-0.25, -0.2) is 0 Å². The summed E-state index contributed by atoms with van der Waals surface area (Å²) in [5.41, 5.74) is 3.13. The third-order valence-electron chi connectivity index (χ3n) is 7.47. The highest BCUT2D eigenvalue weighted by molar-refractivity contribution is 7.99. The molecule has 0 saturated carbocycles. The van der Waals surface area contributed by atoms with Crippen LogP contribution < -0.4 is 4.74 Å². The van der Waals surface area contributed by atoms with Gasteiger partial charge in [0, 0.05) is 28.8 Å². The zero-order valence-electron chi connectivity index (χ0n) is 21.1. The van der Waals surface area contributed by atoms with E-state index in [-0.39, 0.29) is 11.8 Å². The molecule has 2 heterocycles. The lowest BCUT2D eigenvalue weighted by Gasteiger charge is -2.41. The van der Waals surface area contributed by atoms with Gasteiger partial charge in [-0.3, -0.25) is 9.78 Å². The van der Waals surface area contributed by atoms with Crippen molar-refractivity contribution in [1.82, 2.24) is 9.88 Å². The predicted molar refractivity (Wildman–Crippen MR) is 149 cm³/mol. The number of thioether (sulfide) groups is 1. The van der Waals surface area contributed by atoms with Crippen LogP contribution in [0.5, 0.6) is 5.75 Å². The molecule has 1 aliphatic heterocycles. The number of methoxy groups -OCH3 is 1. The van der Waals surface area contributed by atoms with E-state index < -0.39 is 5.97 Å². The summed E-state index contributed by atoms with van der Waals surface area (Å²) in [5.74, 6) is 1.13. The first-order valence-electron chi connectivity index (χ1n) is 12.6. The molecule has 4 rings (SSSR count). The Hall–Kier alpha value is -2.28. The summed E-state index contributed by atoms with van der Waals surface area (Å²) in [6, 6.07) is 14.4. The Morgan fingerprint density at radius 3 is 2.72 bits per heavy atom. The highest BCUT2D eigenvalue weighted by atomic mass is 35.5. The van der Waals surface area contributed by atoms with E-state index in [9.17, 15) is 9.90 Å². The number of carbonyl (C=O) groups is 1. The van der Waals surface area contributed by atoms with Crippen LogP contribution in [0.1, 0.15) is 43.2 Å². The summed E-state index contributed by atoms with van der Waals surface area (Å²) in [4.78, 5) is 20.1. The number of pyridine rings is 1. The van der Waals surface area contributed by atoms with Crippen molar-refractivity contribution in [3.63, 3.8) is 0 Å². The van der Waals surface area contributed by atoms with Gasteiger partial charge in [0.1, 0.15) is 5.75 Å². The molecule has 0 atom stereocenters. The number of halogens is 1. The van der Waals surface area contributed by atoms with E-state index in [0.29, 0.717) is 5.02 Å². The molecule has 1 saturated heterocycles. The summed E-state index contributed by atoms with van der Waals surface area (Å²) in [6.45, 7) is 5.10. The Labute approximate surface area is 223 Å². The van der Waals surface area contributed by atoms with Crippen molar-refractivity contribution in [3.05, 3.63) is 64.8 Å². The number of hydrogen-bond donors (Lipinski definition) is 1. The van der Waals surface area contributed by atoms with Gasteiger partial charge in [-0.1, -0.05) is 29.8 Å². The number of fused-ring (bicyclic) bond motifs is 1. The predicted octanol–water partition coefficient (Wildman–Crippen LogP) is 6.88. The van der Waals surface area contributed by atoms with Crippen LogP contribution in [0.3, 0.4) is 0 Å². The average Bonchev–Trinajstić information content (AvgIpc) is 2.87. The summed E-state index contributed by atoms with van der Waals surface area (Å²) in [5, 5.41) is 11.4. The molecule has 0 radical (unpaired) electrons. The first-order chi connectivity index (χ1) is 17.4. The molecule has 36 heavy (non-hydrogen) atoms. The molecule has 7 heteroatoms. The molecule has 3 aromatic rings. The Bertz CT molecular complexity index is 1190. The third-order valence-corrected chi connectivity index (χ3v) is 8.95. The third kappa shape index (κ3) is 6.72. The van der Waals surface area contributed by atoms with Crippen LogP contribution >= 0.6 is 23.4 Å². The van der Waals surface area contributed by atoms with Gasteiger partial charge in [0.2, 0.25) is 0 Å². The van der Waals surface area contributed by atoms with Crippen LogP contribution in [0.2, 0.25) is 5.02 Å². The maximum atomic E-state index is 11.8. The number of carboxylic acid groups (broad SMARTS) is 1. The molecule has 5 nitrogen and oxygen atoms in total. The second-order valence-corrected chi connectivity index (χ2v) is 11.4. The van der Waals surface area contributed by atoms with Gasteiger partial charge in [-0.15, -0.1) is 11.8 Å². The van der Waals surface area contributed by atoms with E-state index in [1.54, 1.807) is 13.3 Å². The second kappa shape index (κ2) is 12.3. The quantitative estimate of drug-likeness (QED) is 0.275. The Morgan fingerprint density at radius 1 is 1.22 bits per heavy atom. The number of nitrogens with zero attached hydrogens (tertiary/aromatic N) is 2. The number of aryl methyl sites for hydroxylation is 2. The van der Waals surface area contributed by atoms with Crippen LogP contribution in [0.25, 0.3) is 10.9 Å². The zero-order valence-corrected chi connectivity index (χ0v) is 22.7. The van der Waals surface area contributed by atoms with E-state index in [4.69, 9.17) is 16.3 Å². The first-order valence-corrected chi connectivity index (χ1v) is 14.0. The molecule has 0 unspecified atom stereocenters. The van der Waals surface area contributed by atoms with E-state index in [2.05, 4.69) is 41.1 Å². The molecular formula is C29H35ClN2O3S. The summed E-state index contributed by atoms with van der Waals surface area (Å²) < 4.78 is 5.40. The van der Waals surface area contributed by atoms with Crippen LogP contribution in [0.4, 0.5) is 0 Å². The fourth-order valence-electron chi connectivity index (χ4n) is 5.31. The fourth-order valence-corrected chi connectivity index (χ4v) is 6.60. The maximum absolute atomic E-state index is 11.8. The lowest BCUT2D eigenvalue weighted by atomic mass is 9.72. The smallest absolute Gasteiger partial charge is 0.303 e. The Balaban J connectivity index is 1.35. The highest BCUT2D eigenvalue weighted by Crippen LogP contribution is 2.41. The molecule has 1 aromatic heterocycles. The molecule has 1 fully saturated rings. The van der Waals surface area contributed by atoms with E-state index in [1.165, 1.54) is 10.5 Å². The van der Waals surface area contributed by atoms with Gasteiger partial charge in [0.15, 0.2) is 0 Å². The lowest BCUT2D eigenvalue weighted by molar-refractivity contribution is -0.140. The minimum absolute atomic E-state index is 0.154. The molecule has 1 N–H and O–H groups in total. The number of benzene rings is 2. The topological polar surface area (TPSA) is 62.7 Å². The van der Waals surface area contributed by atoms with Crippen molar-refractivity contribution >= 4 is 40.2 Å². The van der Waals surface area contributed by atoms with Crippen molar-refractivity contribution < 1.29 is 14.6 Å². The highest BCUT2D eigenvalue weighted by Gasteiger charge is 2.36. The Kier molecular flexibility index (Phi) is 9.15. The largest absolute Gasteiger partial charge is 0.497 e. The van der Waals surface area contributed by atoms with Crippen molar-refractivity contribution in [2.75, 3.05) is 32.5 Å². The van der Waals surface area contributed by atoms with Crippen LogP contribution in [-0.2, 0) is 11.2 Å². The molecule has 0 spiro atoms. The number of rotatable bonds is 11. The Morgan fingerprint density at radius 2 is 2.00 bits per heavy atom. The first kappa shape index (κ1) is 26.8. The van der Waals surface area contributed by atoms with Crippen LogP contribution in [0, 0.1) is 12.3 Å². The van der Waals surface area contributed by atoms with Crippen molar-refractivity contribution in [2.45, 2.75) is 50.3 Å². The molecular weight excluding hydrogens is 492 g/mol. The second-order valence-electron chi connectivity index (χ2n) is 9.85. The molecule has 0 bridgehead atoms. The summed E-state index contributed by atoms with van der Waals surface area (Å²) in [6.07, 6.45) is 6.37. The molecule has 0 aliphatic carbocycles. The number of carboxylic acids is 1. The van der Waals surface area contributed by atoms with Crippen LogP contribution in [-0.4, -0.2) is 53.5 Å². The number of ether oxygens (including phenoxy) is 1. The number of aliphatic carboxylic acids is 1. The molecule has 192 valence electrons. The standard InChI is InChI=1S/C29H35ClN2O3S/c1-21-6-3-4-8-27(21)36-17-16-32-14-12-29(13-15-32,19-28(33)34)11-5-7-23-24-18-22(35-2)9-10-26(24)31-20-25(23)30/h3-4,6,8-10,18,20H,5,7,11-17,19H2,1-2H3,(H,33,34). The van der Waals surface area contributed by atoms with Gasteiger partial charge < -0.3 is 14.7 Å². The monoisotopic (exact) mass is 526 g/mol. The van der Waals surface area contributed by atoms with E-state index in [0.717, 1.165) is 79.7 Å². The lowest BCUT2D eigenvalue weighted by Crippen LogP contribution is -2.42. The minimum Gasteiger partial charge on any atom is -0.497 e. The van der Waals surface area contributed by atoms with Gasteiger partial charge in [-0.2, -0.15) is 0 Å². The molecule has 2 aromatic carbocycles. The number of aromatic nitrogens is 1. The maximum Gasteiger partial charge on any atom is 0.303 e. The van der Waals surface area contributed by atoms with Gasteiger partial charge in [0.05, 0.1) is 24.1 Å². The van der Waals surface area contributed by atoms with Crippen molar-refractivity contribution in [3.8, 4) is 5.75 Å².